The zero-order chi connectivity index (χ0) is 8.91. The Balaban J connectivity index is 3.94. The Labute approximate surface area is 64.5 Å². The molecule has 0 saturated heterocycles. The van der Waals surface area contributed by atoms with E-state index in [1.807, 2.05) is 0 Å². The van der Waals surface area contributed by atoms with Gasteiger partial charge in [0.05, 0.1) is 0 Å². The lowest BCUT2D eigenvalue weighted by atomic mass is 10.1. The summed E-state index contributed by atoms with van der Waals surface area (Å²) in [4.78, 5) is 10.6. The van der Waals surface area contributed by atoms with Crippen molar-refractivity contribution < 1.29 is 18.3 Å². The lowest BCUT2D eigenvalue weighted by molar-refractivity contribution is -0.150. The van der Waals surface area contributed by atoms with Gasteiger partial charge in [0, 0.05) is 13.5 Å². The van der Waals surface area contributed by atoms with Crippen LogP contribution in [0.25, 0.3) is 0 Å². The molecule has 0 fully saturated rings. The number of ether oxygens (including phenoxy) is 1. The van der Waals surface area contributed by atoms with E-state index in [1.165, 1.54) is 0 Å². The van der Waals surface area contributed by atoms with E-state index < -0.39 is 18.3 Å². The number of carbonyl (C=O) groups excluding carboxylic acids is 1. The normalized spacial score (nSPS) is 11.6. The third kappa shape index (κ3) is 3.41. The molecule has 4 heteroatoms. The predicted molar refractivity (Wildman–Crippen MR) is 36.7 cm³/mol. The van der Waals surface area contributed by atoms with Crippen molar-refractivity contribution in [2.75, 3.05) is 13.7 Å². The molecule has 0 rings (SSSR count). The largest absolute Gasteiger partial charge is 0.378 e. The van der Waals surface area contributed by atoms with Gasteiger partial charge >= 0.3 is 5.92 Å². The third-order valence-electron chi connectivity index (χ3n) is 1.21. The Kier molecular flexibility index (Phi) is 4.18. The minimum Gasteiger partial charge on any atom is -0.378 e. The van der Waals surface area contributed by atoms with E-state index >= 15 is 0 Å². The van der Waals surface area contributed by atoms with Crippen molar-refractivity contribution in [1.29, 1.82) is 0 Å². The minimum absolute atomic E-state index is 0.0869. The molecule has 0 aromatic heterocycles. The van der Waals surface area contributed by atoms with Crippen LogP contribution in [0.3, 0.4) is 0 Å². The number of rotatable bonds is 5. The molecule has 0 aliphatic carbocycles. The summed E-state index contributed by atoms with van der Waals surface area (Å²) in [6.45, 7) is 0.868. The predicted octanol–water partition coefficient (Wildman–Crippen LogP) is 1.64. The van der Waals surface area contributed by atoms with Crippen LogP contribution in [0.15, 0.2) is 0 Å². The topological polar surface area (TPSA) is 26.3 Å². The zero-order valence-electron chi connectivity index (χ0n) is 6.69. The molecule has 11 heavy (non-hydrogen) atoms. The van der Waals surface area contributed by atoms with Gasteiger partial charge in [-0.1, -0.05) is 6.92 Å². The number of methoxy groups -OCH3 is 1. The van der Waals surface area contributed by atoms with Crippen molar-refractivity contribution in [3.63, 3.8) is 0 Å². The Hall–Kier alpha value is -0.510. The molecule has 0 heterocycles. The van der Waals surface area contributed by atoms with Crippen LogP contribution in [0.2, 0.25) is 0 Å². The average Bonchev–Trinajstić information content (AvgIpc) is 1.88. The second-order valence-electron chi connectivity index (χ2n) is 2.31. The second kappa shape index (κ2) is 4.38. The number of hydrogen-bond donors (Lipinski definition) is 0. The van der Waals surface area contributed by atoms with Crippen LogP contribution in [-0.4, -0.2) is 25.4 Å². The molecule has 0 unspecified atom stereocenters. The fourth-order valence-corrected chi connectivity index (χ4v) is 0.672. The molecule has 0 spiro atoms. The highest BCUT2D eigenvalue weighted by Gasteiger charge is 2.37. The van der Waals surface area contributed by atoms with Gasteiger partial charge in [-0.2, -0.15) is 8.78 Å². The SMILES string of the molecule is CCCC(=O)C(F)(F)COC. The minimum atomic E-state index is -3.30. The van der Waals surface area contributed by atoms with Crippen LogP contribution >= 0.6 is 0 Å². The number of carbonyl (C=O) groups is 1. The van der Waals surface area contributed by atoms with Crippen LogP contribution in [0.1, 0.15) is 19.8 Å². The maximum absolute atomic E-state index is 12.5. The van der Waals surface area contributed by atoms with Crippen molar-refractivity contribution in [2.24, 2.45) is 0 Å². The Morgan fingerprint density at radius 1 is 1.55 bits per heavy atom. The molecule has 0 radical (unpaired) electrons. The van der Waals surface area contributed by atoms with Crippen LogP contribution in [0, 0.1) is 0 Å². The van der Waals surface area contributed by atoms with Gasteiger partial charge in [0.1, 0.15) is 6.61 Å². The molecule has 0 N–H and O–H groups in total. The van der Waals surface area contributed by atoms with Crippen molar-refractivity contribution >= 4 is 5.78 Å². The van der Waals surface area contributed by atoms with Crippen molar-refractivity contribution in [3.05, 3.63) is 0 Å². The summed E-state index contributed by atoms with van der Waals surface area (Å²) in [5.74, 6) is -4.34. The zero-order valence-corrected chi connectivity index (χ0v) is 6.69. The highest BCUT2D eigenvalue weighted by atomic mass is 19.3. The summed E-state index contributed by atoms with van der Waals surface area (Å²) in [6.07, 6.45) is 0.356. The van der Waals surface area contributed by atoms with Gasteiger partial charge in [0.25, 0.3) is 0 Å². The summed E-state index contributed by atoms with van der Waals surface area (Å²) in [6, 6.07) is 0. The number of hydrogen-bond acceptors (Lipinski definition) is 2. The molecule has 0 aromatic carbocycles. The molecule has 0 atom stereocenters. The fourth-order valence-electron chi connectivity index (χ4n) is 0.672. The van der Waals surface area contributed by atoms with E-state index in [2.05, 4.69) is 4.74 Å². The molecular weight excluding hydrogens is 154 g/mol. The Morgan fingerprint density at radius 2 is 2.09 bits per heavy atom. The summed E-state index contributed by atoms with van der Waals surface area (Å²) in [5.41, 5.74) is 0. The van der Waals surface area contributed by atoms with E-state index in [1.54, 1.807) is 6.92 Å². The third-order valence-corrected chi connectivity index (χ3v) is 1.21. The van der Waals surface area contributed by atoms with Gasteiger partial charge < -0.3 is 4.74 Å². The first kappa shape index (κ1) is 10.5. The van der Waals surface area contributed by atoms with Crippen molar-refractivity contribution in [2.45, 2.75) is 25.7 Å². The van der Waals surface area contributed by atoms with E-state index in [0.717, 1.165) is 7.11 Å². The number of halogens is 2. The molecule has 0 amide bonds. The lowest BCUT2D eigenvalue weighted by Gasteiger charge is -2.12. The summed E-state index contributed by atoms with van der Waals surface area (Å²) in [7, 11) is 1.15. The Morgan fingerprint density at radius 3 is 2.45 bits per heavy atom. The van der Waals surface area contributed by atoms with Crippen molar-refractivity contribution in [1.82, 2.24) is 0 Å². The molecule has 0 bridgehead atoms. The van der Waals surface area contributed by atoms with Gasteiger partial charge in [-0.25, -0.2) is 0 Å². The smallest absolute Gasteiger partial charge is 0.327 e. The molecule has 0 saturated carbocycles. The first-order valence-corrected chi connectivity index (χ1v) is 3.44. The first-order valence-electron chi connectivity index (χ1n) is 3.44. The van der Waals surface area contributed by atoms with E-state index in [0.29, 0.717) is 6.42 Å². The van der Waals surface area contributed by atoms with Gasteiger partial charge in [-0.05, 0) is 6.42 Å². The molecule has 0 aromatic rings. The molecule has 0 aliphatic rings. The fraction of sp³-hybridized carbons (Fsp3) is 0.857. The highest BCUT2D eigenvalue weighted by molar-refractivity contribution is 5.85. The molecular formula is C7H12F2O2. The Bertz CT molecular complexity index is 134. The molecule has 66 valence electrons. The van der Waals surface area contributed by atoms with Crippen LogP contribution in [-0.2, 0) is 9.53 Å². The van der Waals surface area contributed by atoms with E-state index in [9.17, 15) is 13.6 Å². The number of ketones is 1. The molecule has 0 aliphatic heterocycles. The maximum atomic E-state index is 12.5. The van der Waals surface area contributed by atoms with Gasteiger partial charge in [-0.15, -0.1) is 0 Å². The second-order valence-corrected chi connectivity index (χ2v) is 2.31. The number of Topliss-reactive ketones (excluding diaryl/α,β-unsaturated/α-hetero) is 1. The summed E-state index contributed by atoms with van der Waals surface area (Å²) < 4.78 is 29.3. The van der Waals surface area contributed by atoms with Gasteiger partial charge in [0.15, 0.2) is 0 Å². The maximum Gasteiger partial charge on any atom is 0.327 e. The quantitative estimate of drug-likeness (QED) is 0.620. The van der Waals surface area contributed by atoms with Crippen LogP contribution < -0.4 is 0 Å². The summed E-state index contributed by atoms with van der Waals surface area (Å²) >= 11 is 0. The molecule has 2 nitrogen and oxygen atoms in total. The van der Waals surface area contributed by atoms with Gasteiger partial charge in [0.2, 0.25) is 5.78 Å². The highest BCUT2D eigenvalue weighted by Crippen LogP contribution is 2.17. The first-order chi connectivity index (χ1) is 5.04. The van der Waals surface area contributed by atoms with E-state index in [-0.39, 0.29) is 6.42 Å². The van der Waals surface area contributed by atoms with Crippen LogP contribution in [0.4, 0.5) is 8.78 Å². The van der Waals surface area contributed by atoms with Gasteiger partial charge in [-0.3, -0.25) is 4.79 Å². The monoisotopic (exact) mass is 166 g/mol. The average molecular weight is 166 g/mol. The van der Waals surface area contributed by atoms with Crippen LogP contribution in [0.5, 0.6) is 0 Å². The van der Waals surface area contributed by atoms with Crippen molar-refractivity contribution in [3.8, 4) is 0 Å². The summed E-state index contributed by atoms with van der Waals surface area (Å²) in [5, 5.41) is 0. The lowest BCUT2D eigenvalue weighted by Crippen LogP contribution is -2.33. The van der Waals surface area contributed by atoms with E-state index in [4.69, 9.17) is 0 Å². The number of alkyl halides is 2. The standard InChI is InChI=1S/C7H12F2O2/c1-3-4-6(10)7(8,9)5-11-2/h3-5H2,1-2H3.